The van der Waals surface area contributed by atoms with Crippen molar-refractivity contribution >= 4 is 35.2 Å². The van der Waals surface area contributed by atoms with Crippen LogP contribution in [-0.4, -0.2) is 24.1 Å². The van der Waals surface area contributed by atoms with Crippen molar-refractivity contribution in [2.75, 3.05) is 12.3 Å². The highest BCUT2D eigenvalue weighted by atomic mass is 35.5. The van der Waals surface area contributed by atoms with Crippen LogP contribution in [0.15, 0.2) is 47.4 Å². The summed E-state index contributed by atoms with van der Waals surface area (Å²) in [6.07, 6.45) is 0.714. The predicted octanol–water partition coefficient (Wildman–Crippen LogP) is 3.56. The monoisotopic (exact) mass is 378 g/mol. The Bertz CT molecular complexity index is 815. The third-order valence-corrected chi connectivity index (χ3v) is 5.33. The number of rotatable bonds is 4. The van der Waals surface area contributed by atoms with Crippen molar-refractivity contribution in [2.24, 2.45) is 0 Å². The molecule has 0 radical (unpaired) electrons. The van der Waals surface area contributed by atoms with Gasteiger partial charge in [0.2, 0.25) is 5.91 Å². The molecule has 7 heteroatoms. The number of benzene rings is 2. The van der Waals surface area contributed by atoms with Crippen LogP contribution in [0.4, 0.5) is 4.39 Å². The number of fused-ring (bicyclic) bond motifs is 1. The van der Waals surface area contributed by atoms with Gasteiger partial charge in [-0.2, -0.15) is 0 Å². The zero-order valence-corrected chi connectivity index (χ0v) is 14.8. The molecule has 2 aromatic rings. The molecular formula is C18H16ClFN2O2S. The number of hydrogen-bond donors (Lipinski definition) is 2. The number of carbonyl (C=O) groups is 2. The van der Waals surface area contributed by atoms with E-state index < -0.39 is 5.91 Å². The highest BCUT2D eigenvalue weighted by molar-refractivity contribution is 7.99. The minimum Gasteiger partial charge on any atom is -0.348 e. The van der Waals surface area contributed by atoms with Crippen molar-refractivity contribution in [2.45, 2.75) is 17.4 Å². The number of amides is 2. The van der Waals surface area contributed by atoms with E-state index >= 15 is 0 Å². The normalized spacial score (nSPS) is 16.0. The van der Waals surface area contributed by atoms with E-state index in [0.717, 1.165) is 16.2 Å². The molecule has 2 amide bonds. The van der Waals surface area contributed by atoms with Crippen LogP contribution in [-0.2, 0) is 4.79 Å². The van der Waals surface area contributed by atoms with Crippen LogP contribution in [0.5, 0.6) is 0 Å². The van der Waals surface area contributed by atoms with Gasteiger partial charge in [-0.05, 0) is 42.3 Å². The zero-order valence-electron chi connectivity index (χ0n) is 13.2. The molecule has 2 N–H and O–H groups in total. The second-order valence-electron chi connectivity index (χ2n) is 5.60. The fraction of sp³-hybridized carbons (Fsp3) is 0.222. The SMILES string of the molecule is O=C(CNC(=O)c1ccccc1Cl)NC1CCSc2ccc(F)cc21. The Hall–Kier alpha value is -2.05. The van der Waals surface area contributed by atoms with E-state index in [9.17, 15) is 14.0 Å². The molecule has 0 saturated heterocycles. The molecule has 0 saturated carbocycles. The van der Waals surface area contributed by atoms with Gasteiger partial charge in [-0.3, -0.25) is 9.59 Å². The lowest BCUT2D eigenvalue weighted by Gasteiger charge is -2.26. The molecule has 1 aliphatic heterocycles. The summed E-state index contributed by atoms with van der Waals surface area (Å²) in [6, 6.07) is 11.0. The molecule has 1 heterocycles. The predicted molar refractivity (Wildman–Crippen MR) is 96.4 cm³/mol. The van der Waals surface area contributed by atoms with Crippen LogP contribution in [0.25, 0.3) is 0 Å². The topological polar surface area (TPSA) is 58.2 Å². The number of thioether (sulfide) groups is 1. The summed E-state index contributed by atoms with van der Waals surface area (Å²) in [4.78, 5) is 25.2. The Morgan fingerprint density at radius 2 is 2.04 bits per heavy atom. The lowest BCUT2D eigenvalue weighted by atomic mass is 10.0. The molecule has 1 atom stereocenters. The van der Waals surface area contributed by atoms with Gasteiger partial charge in [0.1, 0.15) is 5.82 Å². The summed E-state index contributed by atoms with van der Waals surface area (Å²) in [6.45, 7) is -0.168. The quantitative estimate of drug-likeness (QED) is 0.855. The lowest BCUT2D eigenvalue weighted by molar-refractivity contribution is -0.120. The second-order valence-corrected chi connectivity index (χ2v) is 7.15. The van der Waals surface area contributed by atoms with Gasteiger partial charge in [0, 0.05) is 10.6 Å². The first-order valence-electron chi connectivity index (χ1n) is 7.79. The molecule has 130 valence electrons. The maximum atomic E-state index is 13.5. The third-order valence-electron chi connectivity index (χ3n) is 3.87. The van der Waals surface area contributed by atoms with Crippen molar-refractivity contribution in [3.8, 4) is 0 Å². The summed E-state index contributed by atoms with van der Waals surface area (Å²) in [5, 5.41) is 5.73. The van der Waals surface area contributed by atoms with Crippen LogP contribution in [0.2, 0.25) is 5.02 Å². The fourth-order valence-corrected chi connectivity index (χ4v) is 3.99. The number of hydrogen-bond acceptors (Lipinski definition) is 3. The van der Waals surface area contributed by atoms with Gasteiger partial charge >= 0.3 is 0 Å². The molecule has 2 aromatic carbocycles. The summed E-state index contributed by atoms with van der Waals surface area (Å²) in [7, 11) is 0. The molecule has 1 unspecified atom stereocenters. The van der Waals surface area contributed by atoms with Crippen LogP contribution in [0.3, 0.4) is 0 Å². The maximum Gasteiger partial charge on any atom is 0.253 e. The third kappa shape index (κ3) is 4.32. The van der Waals surface area contributed by atoms with Crippen molar-refractivity contribution in [3.63, 3.8) is 0 Å². The highest BCUT2D eigenvalue weighted by Crippen LogP contribution is 2.36. The number of halogens is 2. The number of nitrogens with one attached hydrogen (secondary N) is 2. The molecule has 25 heavy (non-hydrogen) atoms. The Morgan fingerprint density at radius 3 is 2.84 bits per heavy atom. The largest absolute Gasteiger partial charge is 0.348 e. The Balaban J connectivity index is 1.60. The first-order chi connectivity index (χ1) is 12.0. The van der Waals surface area contributed by atoms with Crippen LogP contribution < -0.4 is 10.6 Å². The van der Waals surface area contributed by atoms with E-state index in [4.69, 9.17) is 11.6 Å². The molecule has 3 rings (SSSR count). The Labute approximate surface area is 154 Å². The van der Waals surface area contributed by atoms with Gasteiger partial charge in [-0.1, -0.05) is 23.7 Å². The van der Waals surface area contributed by atoms with E-state index in [2.05, 4.69) is 10.6 Å². The molecule has 4 nitrogen and oxygen atoms in total. The van der Waals surface area contributed by atoms with E-state index in [1.165, 1.54) is 12.1 Å². The zero-order chi connectivity index (χ0) is 17.8. The smallest absolute Gasteiger partial charge is 0.253 e. The Morgan fingerprint density at radius 1 is 1.24 bits per heavy atom. The van der Waals surface area contributed by atoms with Crippen molar-refractivity contribution in [1.82, 2.24) is 10.6 Å². The molecule has 0 bridgehead atoms. The van der Waals surface area contributed by atoms with Crippen LogP contribution in [0.1, 0.15) is 28.4 Å². The van der Waals surface area contributed by atoms with E-state index in [0.29, 0.717) is 17.0 Å². The Kier molecular flexibility index (Phi) is 5.60. The lowest BCUT2D eigenvalue weighted by Crippen LogP contribution is -2.39. The minimum atomic E-state index is -0.411. The molecule has 0 aliphatic carbocycles. The first-order valence-corrected chi connectivity index (χ1v) is 9.15. The van der Waals surface area contributed by atoms with Gasteiger partial charge in [0.05, 0.1) is 23.2 Å². The van der Waals surface area contributed by atoms with Gasteiger partial charge in [0.25, 0.3) is 5.91 Å². The van der Waals surface area contributed by atoms with E-state index in [1.807, 2.05) is 0 Å². The molecular weight excluding hydrogens is 363 g/mol. The van der Waals surface area contributed by atoms with Gasteiger partial charge < -0.3 is 10.6 Å². The van der Waals surface area contributed by atoms with E-state index in [-0.39, 0.29) is 24.3 Å². The van der Waals surface area contributed by atoms with Crippen molar-refractivity contribution in [1.29, 1.82) is 0 Å². The van der Waals surface area contributed by atoms with E-state index in [1.54, 1.807) is 42.1 Å². The first kappa shape index (κ1) is 17.8. The highest BCUT2D eigenvalue weighted by Gasteiger charge is 2.23. The standard InChI is InChI=1S/C18H16ClFN2O2S/c19-14-4-2-1-3-12(14)18(24)21-10-17(23)22-15-7-8-25-16-6-5-11(20)9-13(15)16/h1-6,9,15H,7-8,10H2,(H,21,24)(H,22,23). The molecule has 0 fully saturated rings. The van der Waals surface area contributed by atoms with Crippen LogP contribution in [0, 0.1) is 5.82 Å². The van der Waals surface area contributed by atoms with Gasteiger partial charge in [0.15, 0.2) is 0 Å². The van der Waals surface area contributed by atoms with Crippen molar-refractivity contribution < 1.29 is 14.0 Å². The summed E-state index contributed by atoms with van der Waals surface area (Å²) >= 11 is 7.60. The van der Waals surface area contributed by atoms with Crippen molar-refractivity contribution in [3.05, 3.63) is 64.4 Å². The summed E-state index contributed by atoms with van der Waals surface area (Å²) in [5.41, 5.74) is 1.10. The van der Waals surface area contributed by atoms with Crippen LogP contribution >= 0.6 is 23.4 Å². The summed E-state index contributed by atoms with van der Waals surface area (Å²) in [5.74, 6) is -0.221. The number of carbonyl (C=O) groups excluding carboxylic acids is 2. The molecule has 0 spiro atoms. The average Bonchev–Trinajstić information content (AvgIpc) is 2.60. The maximum absolute atomic E-state index is 13.5. The molecule has 1 aliphatic rings. The molecule has 0 aromatic heterocycles. The van der Waals surface area contributed by atoms with Gasteiger partial charge in [-0.15, -0.1) is 11.8 Å². The fourth-order valence-electron chi connectivity index (χ4n) is 2.66. The van der Waals surface area contributed by atoms with Gasteiger partial charge in [-0.25, -0.2) is 4.39 Å². The second kappa shape index (κ2) is 7.89. The average molecular weight is 379 g/mol. The minimum absolute atomic E-state index is 0.168. The summed E-state index contributed by atoms with van der Waals surface area (Å²) < 4.78 is 13.5.